The summed E-state index contributed by atoms with van der Waals surface area (Å²) in [7, 11) is 1.75. The van der Waals surface area contributed by atoms with Crippen LogP contribution in [0.1, 0.15) is 0 Å². The largest absolute Gasteiger partial charge is 0.383 e. The van der Waals surface area contributed by atoms with Crippen LogP contribution in [-0.2, 0) is 4.74 Å². The summed E-state index contributed by atoms with van der Waals surface area (Å²) in [5.41, 5.74) is 0.998. The minimum absolute atomic E-state index is 0.861. The maximum absolute atomic E-state index is 4.98. The molecule has 0 amide bonds. The van der Waals surface area contributed by atoms with Crippen LogP contribution >= 0.6 is 0 Å². The van der Waals surface area contributed by atoms with Gasteiger partial charge in [-0.05, 0) is 12.1 Å². The lowest BCUT2D eigenvalue weighted by atomic mass is 10.4. The van der Waals surface area contributed by atoms with Gasteiger partial charge in [-0.3, -0.25) is 4.90 Å². The Balaban J connectivity index is 0.000000141. The van der Waals surface area contributed by atoms with E-state index >= 15 is 0 Å². The van der Waals surface area contributed by atoms with Crippen molar-refractivity contribution in [2.24, 2.45) is 0 Å². The molecule has 2 aromatic rings. The van der Waals surface area contributed by atoms with Gasteiger partial charge in [0, 0.05) is 58.4 Å². The van der Waals surface area contributed by atoms with E-state index in [2.05, 4.69) is 15.2 Å². The summed E-state index contributed by atoms with van der Waals surface area (Å²) in [6, 6.07) is 5.93. The van der Waals surface area contributed by atoms with Gasteiger partial charge in [0.15, 0.2) is 0 Å². The van der Waals surface area contributed by atoms with Gasteiger partial charge >= 0.3 is 0 Å². The Morgan fingerprint density at radius 2 is 2.11 bits per heavy atom. The summed E-state index contributed by atoms with van der Waals surface area (Å²) < 4.78 is 6.95. The highest BCUT2D eigenvalue weighted by Crippen LogP contribution is 1.96. The minimum atomic E-state index is 0.861. The summed E-state index contributed by atoms with van der Waals surface area (Å²) in [6.07, 6.45) is 5.69. The zero-order valence-electron chi connectivity index (χ0n) is 11.5. The molecule has 2 aromatic heterocycles. The van der Waals surface area contributed by atoms with Crippen LogP contribution in [0.25, 0.3) is 5.65 Å². The number of aromatic nitrogens is 2. The number of methoxy groups -OCH3 is 1. The first-order valence-electron chi connectivity index (χ1n) is 6.70. The SMILES string of the molecule is COCCN1CCNCC1.c1ccn2ccnc2c1. The van der Waals surface area contributed by atoms with E-state index in [-0.39, 0.29) is 0 Å². The van der Waals surface area contributed by atoms with Crippen LogP contribution < -0.4 is 5.32 Å². The van der Waals surface area contributed by atoms with Gasteiger partial charge in [-0.2, -0.15) is 0 Å². The van der Waals surface area contributed by atoms with E-state index < -0.39 is 0 Å². The van der Waals surface area contributed by atoms with Crippen LogP contribution in [0.2, 0.25) is 0 Å². The Hall–Kier alpha value is -1.43. The van der Waals surface area contributed by atoms with Gasteiger partial charge in [-0.15, -0.1) is 0 Å². The molecule has 0 aliphatic carbocycles. The quantitative estimate of drug-likeness (QED) is 0.891. The summed E-state index contributed by atoms with van der Waals surface area (Å²) in [5.74, 6) is 0. The fourth-order valence-electron chi connectivity index (χ4n) is 2.02. The lowest BCUT2D eigenvalue weighted by Gasteiger charge is -2.26. The molecule has 3 heterocycles. The third-order valence-corrected chi connectivity index (χ3v) is 3.12. The van der Waals surface area contributed by atoms with Crippen LogP contribution in [0.5, 0.6) is 0 Å². The number of rotatable bonds is 3. The molecule has 0 unspecified atom stereocenters. The van der Waals surface area contributed by atoms with Crippen molar-refractivity contribution in [3.8, 4) is 0 Å². The summed E-state index contributed by atoms with van der Waals surface area (Å²) in [5, 5.41) is 3.31. The second-order valence-electron chi connectivity index (χ2n) is 4.48. The van der Waals surface area contributed by atoms with Crippen molar-refractivity contribution in [1.29, 1.82) is 0 Å². The number of hydrogen-bond donors (Lipinski definition) is 1. The summed E-state index contributed by atoms with van der Waals surface area (Å²) >= 11 is 0. The number of pyridine rings is 1. The van der Waals surface area contributed by atoms with Crippen molar-refractivity contribution in [1.82, 2.24) is 19.6 Å². The molecule has 19 heavy (non-hydrogen) atoms. The third kappa shape index (κ3) is 4.63. The summed E-state index contributed by atoms with van der Waals surface area (Å²) in [6.45, 7) is 6.54. The van der Waals surface area contributed by atoms with E-state index in [9.17, 15) is 0 Å². The van der Waals surface area contributed by atoms with Gasteiger partial charge in [-0.25, -0.2) is 4.98 Å². The maximum Gasteiger partial charge on any atom is 0.136 e. The number of fused-ring (bicyclic) bond motifs is 1. The molecule has 3 rings (SSSR count). The first-order valence-corrected chi connectivity index (χ1v) is 6.70. The monoisotopic (exact) mass is 262 g/mol. The second kappa shape index (κ2) is 7.89. The predicted molar refractivity (Wildman–Crippen MR) is 76.4 cm³/mol. The Morgan fingerprint density at radius 1 is 1.26 bits per heavy atom. The molecule has 5 heteroatoms. The highest BCUT2D eigenvalue weighted by Gasteiger charge is 2.07. The van der Waals surface area contributed by atoms with Crippen LogP contribution in [0.15, 0.2) is 36.8 Å². The zero-order valence-corrected chi connectivity index (χ0v) is 11.5. The average molecular weight is 262 g/mol. The Kier molecular flexibility index (Phi) is 5.81. The van der Waals surface area contributed by atoms with E-state index in [4.69, 9.17) is 4.74 Å². The van der Waals surface area contributed by atoms with E-state index in [1.165, 1.54) is 13.1 Å². The van der Waals surface area contributed by atoms with Crippen molar-refractivity contribution in [3.63, 3.8) is 0 Å². The van der Waals surface area contributed by atoms with Crippen molar-refractivity contribution in [3.05, 3.63) is 36.8 Å². The van der Waals surface area contributed by atoms with E-state index in [0.29, 0.717) is 0 Å². The standard InChI is InChI=1S/C7H16N2O.C7H6N2/c1-10-7-6-9-4-2-8-3-5-9;1-2-5-9-6-4-8-7(9)3-1/h8H,2-7H2,1H3;1-6H. The highest BCUT2D eigenvalue weighted by atomic mass is 16.5. The molecule has 5 nitrogen and oxygen atoms in total. The third-order valence-electron chi connectivity index (χ3n) is 3.12. The molecule has 0 bridgehead atoms. The van der Waals surface area contributed by atoms with Gasteiger partial charge in [0.05, 0.1) is 6.61 Å². The van der Waals surface area contributed by atoms with Gasteiger partial charge in [0.25, 0.3) is 0 Å². The first kappa shape index (κ1) is 14.0. The molecule has 104 valence electrons. The van der Waals surface area contributed by atoms with Crippen molar-refractivity contribution in [2.75, 3.05) is 46.4 Å². The second-order valence-corrected chi connectivity index (χ2v) is 4.48. The highest BCUT2D eigenvalue weighted by molar-refractivity contribution is 5.36. The van der Waals surface area contributed by atoms with E-state index in [0.717, 1.165) is 31.9 Å². The lowest BCUT2D eigenvalue weighted by Crippen LogP contribution is -2.44. The van der Waals surface area contributed by atoms with Crippen LogP contribution in [0.4, 0.5) is 0 Å². The molecule has 1 aliphatic heterocycles. The molecule has 1 N–H and O–H groups in total. The Bertz CT molecular complexity index is 435. The smallest absolute Gasteiger partial charge is 0.136 e. The number of piperazine rings is 1. The molecular weight excluding hydrogens is 240 g/mol. The molecule has 0 atom stereocenters. The Labute approximate surface area is 114 Å². The Morgan fingerprint density at radius 3 is 2.84 bits per heavy atom. The number of ether oxygens (including phenoxy) is 1. The van der Waals surface area contributed by atoms with Crippen LogP contribution in [-0.4, -0.2) is 60.7 Å². The molecule has 0 spiro atoms. The number of hydrogen-bond acceptors (Lipinski definition) is 4. The van der Waals surface area contributed by atoms with Gasteiger partial charge < -0.3 is 14.5 Å². The van der Waals surface area contributed by atoms with E-state index in [1.54, 1.807) is 13.3 Å². The molecule has 1 aliphatic rings. The topological polar surface area (TPSA) is 41.8 Å². The zero-order chi connectivity index (χ0) is 13.3. The molecule has 1 fully saturated rings. The van der Waals surface area contributed by atoms with Crippen molar-refractivity contribution in [2.45, 2.75) is 0 Å². The fraction of sp³-hybridized carbons (Fsp3) is 0.500. The molecule has 0 radical (unpaired) electrons. The molecule has 0 saturated carbocycles. The average Bonchev–Trinajstić information content (AvgIpc) is 2.95. The van der Waals surface area contributed by atoms with Gasteiger partial charge in [0.1, 0.15) is 5.65 Å². The molecule has 0 aromatic carbocycles. The number of nitrogens with zero attached hydrogens (tertiary/aromatic N) is 3. The summed E-state index contributed by atoms with van der Waals surface area (Å²) in [4.78, 5) is 6.50. The van der Waals surface area contributed by atoms with Crippen LogP contribution in [0, 0.1) is 0 Å². The van der Waals surface area contributed by atoms with Gasteiger partial charge in [-0.1, -0.05) is 6.07 Å². The van der Waals surface area contributed by atoms with Crippen molar-refractivity contribution >= 4 is 5.65 Å². The number of nitrogens with one attached hydrogen (secondary N) is 1. The van der Waals surface area contributed by atoms with Crippen LogP contribution in [0.3, 0.4) is 0 Å². The van der Waals surface area contributed by atoms with E-state index in [1.807, 2.05) is 35.0 Å². The van der Waals surface area contributed by atoms with Crippen molar-refractivity contribution < 1.29 is 4.74 Å². The van der Waals surface area contributed by atoms with Gasteiger partial charge in [0.2, 0.25) is 0 Å². The molecule has 1 saturated heterocycles. The lowest BCUT2D eigenvalue weighted by molar-refractivity contribution is 0.139. The fourth-order valence-corrected chi connectivity index (χ4v) is 2.02. The minimum Gasteiger partial charge on any atom is -0.383 e. The number of imidazole rings is 1. The first-order chi connectivity index (χ1) is 9.40. The normalized spacial score (nSPS) is 16.1. The molecular formula is C14H22N4O. The predicted octanol–water partition coefficient (Wildman–Crippen LogP) is 0.872. The maximum atomic E-state index is 4.98.